The number of carboxylic acid groups (broad SMARTS) is 1. The van der Waals surface area contributed by atoms with Gasteiger partial charge >= 0.3 is 5.97 Å². The van der Waals surface area contributed by atoms with Crippen molar-refractivity contribution in [3.05, 3.63) is 33.5 Å². The predicted octanol–water partition coefficient (Wildman–Crippen LogP) is 1.27. The highest BCUT2D eigenvalue weighted by atomic mass is 32.1. The molecule has 0 saturated heterocycles. The van der Waals surface area contributed by atoms with E-state index in [0.717, 1.165) is 30.9 Å². The summed E-state index contributed by atoms with van der Waals surface area (Å²) in [4.78, 5) is 34.8. The van der Waals surface area contributed by atoms with Crippen molar-refractivity contribution in [2.45, 2.75) is 26.2 Å². The molecule has 0 spiro atoms. The van der Waals surface area contributed by atoms with Gasteiger partial charge in [0.05, 0.1) is 5.56 Å². The fraction of sp³-hybridized carbons (Fsp3) is 0.357. The topological polar surface area (TPSA) is 95.5 Å². The van der Waals surface area contributed by atoms with E-state index in [4.69, 9.17) is 5.11 Å². The maximum absolute atomic E-state index is 12.0. The Labute approximate surface area is 125 Å². The Morgan fingerprint density at radius 3 is 2.81 bits per heavy atom. The summed E-state index contributed by atoms with van der Waals surface area (Å²) >= 11 is 1.57. The quantitative estimate of drug-likeness (QED) is 0.579. The van der Waals surface area contributed by atoms with E-state index in [1.54, 1.807) is 16.7 Å². The Hall–Kier alpha value is -2.15. The number of hydrazine groups is 1. The zero-order valence-corrected chi connectivity index (χ0v) is 12.3. The molecule has 0 saturated carbocycles. The third kappa shape index (κ3) is 3.91. The minimum absolute atomic E-state index is 0.376. The number of hydrogen-bond acceptors (Lipinski definition) is 4. The molecule has 1 atom stereocenters. The van der Waals surface area contributed by atoms with Crippen molar-refractivity contribution in [3.63, 3.8) is 0 Å². The number of rotatable bonds is 3. The molecule has 112 valence electrons. The lowest BCUT2D eigenvalue weighted by Crippen LogP contribution is -2.41. The second-order valence-electron chi connectivity index (χ2n) is 5.01. The van der Waals surface area contributed by atoms with Crippen molar-refractivity contribution in [2.24, 2.45) is 5.92 Å². The van der Waals surface area contributed by atoms with Gasteiger partial charge in [-0.1, -0.05) is 6.92 Å². The molecule has 0 radical (unpaired) electrons. The van der Waals surface area contributed by atoms with Gasteiger partial charge in [-0.05, 0) is 30.7 Å². The average Bonchev–Trinajstić information content (AvgIpc) is 2.85. The molecule has 0 aliphatic heterocycles. The van der Waals surface area contributed by atoms with Gasteiger partial charge in [-0.3, -0.25) is 20.4 Å². The predicted molar refractivity (Wildman–Crippen MR) is 77.9 cm³/mol. The summed E-state index contributed by atoms with van der Waals surface area (Å²) < 4.78 is 0. The Morgan fingerprint density at radius 2 is 2.10 bits per heavy atom. The number of carbonyl (C=O) groups is 3. The van der Waals surface area contributed by atoms with Gasteiger partial charge in [0.25, 0.3) is 11.8 Å². The second-order valence-corrected chi connectivity index (χ2v) is 5.98. The molecule has 2 rings (SSSR count). The van der Waals surface area contributed by atoms with Crippen LogP contribution in [-0.4, -0.2) is 22.9 Å². The maximum atomic E-state index is 12.0. The van der Waals surface area contributed by atoms with Gasteiger partial charge < -0.3 is 5.11 Å². The van der Waals surface area contributed by atoms with Crippen LogP contribution in [-0.2, 0) is 22.4 Å². The van der Waals surface area contributed by atoms with Gasteiger partial charge in [-0.2, -0.15) is 0 Å². The van der Waals surface area contributed by atoms with Gasteiger partial charge in [-0.15, -0.1) is 11.3 Å². The minimum Gasteiger partial charge on any atom is -0.478 e. The molecule has 0 bridgehead atoms. The van der Waals surface area contributed by atoms with E-state index in [1.807, 2.05) is 0 Å². The first-order valence-corrected chi connectivity index (χ1v) is 7.46. The Balaban J connectivity index is 1.96. The lowest BCUT2D eigenvalue weighted by atomic mass is 9.88. The van der Waals surface area contributed by atoms with Gasteiger partial charge in [0, 0.05) is 22.4 Å². The molecule has 0 fully saturated rings. The highest BCUT2D eigenvalue weighted by Crippen LogP contribution is 2.32. The van der Waals surface area contributed by atoms with E-state index < -0.39 is 11.9 Å². The minimum atomic E-state index is -1.22. The molecule has 1 aliphatic rings. The monoisotopic (exact) mass is 308 g/mol. The highest BCUT2D eigenvalue weighted by Gasteiger charge is 2.23. The molecule has 21 heavy (non-hydrogen) atoms. The number of aliphatic carboxylic acids is 1. The molecular formula is C14H16N2O4S. The van der Waals surface area contributed by atoms with Crippen LogP contribution in [0.4, 0.5) is 0 Å². The number of amides is 2. The summed E-state index contributed by atoms with van der Waals surface area (Å²) in [6, 6.07) is 0. The van der Waals surface area contributed by atoms with E-state index in [0.29, 0.717) is 17.6 Å². The Kier molecular flexibility index (Phi) is 4.74. The van der Waals surface area contributed by atoms with Crippen molar-refractivity contribution < 1.29 is 19.5 Å². The molecule has 6 nitrogen and oxygen atoms in total. The van der Waals surface area contributed by atoms with E-state index >= 15 is 0 Å². The largest absolute Gasteiger partial charge is 0.478 e. The number of fused-ring (bicyclic) bond motifs is 1. The summed E-state index contributed by atoms with van der Waals surface area (Å²) in [5.41, 5.74) is 6.10. The molecule has 0 aromatic carbocycles. The Morgan fingerprint density at radius 1 is 1.33 bits per heavy atom. The van der Waals surface area contributed by atoms with Crippen molar-refractivity contribution in [1.29, 1.82) is 0 Å². The van der Waals surface area contributed by atoms with Crippen LogP contribution in [0.1, 0.15) is 34.1 Å². The average molecular weight is 308 g/mol. The van der Waals surface area contributed by atoms with Crippen LogP contribution in [0.3, 0.4) is 0 Å². The van der Waals surface area contributed by atoms with Gasteiger partial charge in [0.2, 0.25) is 0 Å². The molecule has 1 aliphatic carbocycles. The fourth-order valence-corrected chi connectivity index (χ4v) is 3.49. The van der Waals surface area contributed by atoms with Crippen LogP contribution in [0.25, 0.3) is 0 Å². The smallest absolute Gasteiger partial charge is 0.328 e. The first-order chi connectivity index (χ1) is 9.97. The normalized spacial score (nSPS) is 17.3. The number of nitrogens with one attached hydrogen (secondary N) is 2. The van der Waals surface area contributed by atoms with Gasteiger partial charge in [0.1, 0.15) is 0 Å². The molecule has 1 aromatic heterocycles. The van der Waals surface area contributed by atoms with Gasteiger partial charge in [0.15, 0.2) is 0 Å². The fourth-order valence-electron chi connectivity index (χ4n) is 2.24. The number of carbonyl (C=O) groups excluding carboxylic acids is 2. The molecule has 2 amide bonds. The van der Waals surface area contributed by atoms with Crippen LogP contribution in [0, 0.1) is 5.92 Å². The van der Waals surface area contributed by atoms with Crippen LogP contribution in [0.15, 0.2) is 17.5 Å². The summed E-state index contributed by atoms with van der Waals surface area (Å²) in [5, 5.41) is 10.2. The Bertz CT molecular complexity index is 606. The summed E-state index contributed by atoms with van der Waals surface area (Å²) in [7, 11) is 0. The van der Waals surface area contributed by atoms with Crippen LogP contribution >= 0.6 is 11.3 Å². The van der Waals surface area contributed by atoms with Crippen molar-refractivity contribution in [2.75, 3.05) is 0 Å². The van der Waals surface area contributed by atoms with Crippen molar-refractivity contribution in [3.8, 4) is 0 Å². The van der Waals surface area contributed by atoms with Crippen molar-refractivity contribution in [1.82, 2.24) is 10.9 Å². The number of carboxylic acids is 1. The summed E-state index contributed by atoms with van der Waals surface area (Å²) in [5.74, 6) is -1.66. The zero-order valence-electron chi connectivity index (χ0n) is 11.5. The van der Waals surface area contributed by atoms with E-state index in [1.165, 1.54) is 4.88 Å². The first-order valence-electron chi connectivity index (χ1n) is 6.58. The lowest BCUT2D eigenvalue weighted by Gasteiger charge is -2.18. The van der Waals surface area contributed by atoms with E-state index in [9.17, 15) is 14.4 Å². The molecule has 1 unspecified atom stereocenters. The van der Waals surface area contributed by atoms with Crippen LogP contribution < -0.4 is 10.9 Å². The van der Waals surface area contributed by atoms with Gasteiger partial charge in [-0.25, -0.2) is 4.79 Å². The summed E-state index contributed by atoms with van der Waals surface area (Å²) in [6.45, 7) is 2.19. The maximum Gasteiger partial charge on any atom is 0.328 e. The molecule has 1 aromatic rings. The molecule has 7 heteroatoms. The second kappa shape index (κ2) is 6.53. The standard InChI is InChI=1S/C14H16N2O4S/c1-8-2-3-9-10(7-21-11(9)6-8)14(20)16-15-12(17)4-5-13(18)19/h4-5,7-8H,2-3,6H2,1H3,(H,15,17)(H,16,20)(H,18,19). The molecular weight excluding hydrogens is 292 g/mol. The van der Waals surface area contributed by atoms with Crippen LogP contribution in [0.2, 0.25) is 0 Å². The van der Waals surface area contributed by atoms with E-state index in [-0.39, 0.29) is 5.91 Å². The lowest BCUT2D eigenvalue weighted by molar-refractivity contribution is -0.131. The third-order valence-corrected chi connectivity index (χ3v) is 4.37. The number of hydrogen-bond donors (Lipinski definition) is 3. The number of thiophene rings is 1. The SMILES string of the molecule is CC1CCc2c(C(=O)NNC(=O)C=CC(=O)O)csc2C1. The van der Waals surface area contributed by atoms with Crippen molar-refractivity contribution >= 4 is 29.1 Å². The zero-order chi connectivity index (χ0) is 15.4. The molecule has 1 heterocycles. The first kappa shape index (κ1) is 15.2. The summed E-state index contributed by atoms with van der Waals surface area (Å²) in [6.07, 6.45) is 4.46. The van der Waals surface area contributed by atoms with Crippen LogP contribution in [0.5, 0.6) is 0 Å². The molecule has 3 N–H and O–H groups in total. The highest BCUT2D eigenvalue weighted by molar-refractivity contribution is 7.10. The third-order valence-electron chi connectivity index (χ3n) is 3.32. The van der Waals surface area contributed by atoms with E-state index in [2.05, 4.69) is 17.8 Å².